The number of hydrogen-bond acceptors (Lipinski definition) is 5. The molecule has 0 unspecified atom stereocenters. The first-order valence-electron chi connectivity index (χ1n) is 13.8. The van der Waals surface area contributed by atoms with Gasteiger partial charge < -0.3 is 15.0 Å². The summed E-state index contributed by atoms with van der Waals surface area (Å²) in [6.07, 6.45) is 6.93. The van der Waals surface area contributed by atoms with Crippen LogP contribution < -0.4 is 14.4 Å². The van der Waals surface area contributed by atoms with E-state index < -0.39 is 16.1 Å². The zero-order chi connectivity index (χ0) is 28.6. The van der Waals surface area contributed by atoms with Crippen LogP contribution in [0.5, 0.6) is 5.75 Å². The number of sulfonamides is 1. The molecule has 3 rings (SSSR count). The van der Waals surface area contributed by atoms with Gasteiger partial charge in [-0.05, 0) is 74.9 Å². The summed E-state index contributed by atoms with van der Waals surface area (Å²) in [7, 11) is -1.96. The largest absolute Gasteiger partial charge is 0.497 e. The summed E-state index contributed by atoms with van der Waals surface area (Å²) in [5, 5.41) is 3.14. The van der Waals surface area contributed by atoms with E-state index in [2.05, 4.69) is 5.32 Å². The number of nitrogens with zero attached hydrogens (tertiary/aromatic N) is 2. The van der Waals surface area contributed by atoms with Crippen molar-refractivity contribution in [1.29, 1.82) is 0 Å². The van der Waals surface area contributed by atoms with Crippen molar-refractivity contribution in [3.8, 4) is 5.75 Å². The molecule has 2 amide bonds. The minimum absolute atomic E-state index is 0.113. The van der Waals surface area contributed by atoms with Gasteiger partial charge in [0, 0.05) is 25.6 Å². The van der Waals surface area contributed by atoms with Crippen LogP contribution in [0.15, 0.2) is 42.5 Å². The molecule has 1 N–H and O–H groups in total. The van der Waals surface area contributed by atoms with E-state index >= 15 is 0 Å². The fraction of sp³-hybridized carbons (Fsp3) is 0.533. The van der Waals surface area contributed by atoms with E-state index in [1.165, 1.54) is 17.0 Å². The number of nitrogens with one attached hydrogen (secondary N) is 1. The van der Waals surface area contributed by atoms with Gasteiger partial charge in [-0.3, -0.25) is 13.9 Å². The number of anilines is 1. The Kier molecular flexibility index (Phi) is 10.8. The average molecular weight is 558 g/mol. The molecule has 39 heavy (non-hydrogen) atoms. The second kappa shape index (κ2) is 13.8. The first kappa shape index (κ1) is 30.5. The summed E-state index contributed by atoms with van der Waals surface area (Å²) in [5.41, 5.74) is 3.29. The number of carbonyl (C=O) groups excluding carboxylic acids is 2. The molecule has 1 atom stereocenters. The SMILES string of the molecule is COc1cccc(CN(C(=O)CCCN(c2cc(C)ccc2C)S(C)(=O)=O)[C@H](C)C(=O)NC2CCCCC2)c1. The third-order valence-corrected chi connectivity index (χ3v) is 8.57. The summed E-state index contributed by atoms with van der Waals surface area (Å²) in [5.74, 6) is 0.321. The van der Waals surface area contributed by atoms with Crippen LogP contribution in [0.25, 0.3) is 0 Å². The molecule has 1 fully saturated rings. The van der Waals surface area contributed by atoms with E-state index in [0.717, 1.165) is 42.4 Å². The Labute approximate surface area is 233 Å². The molecular weight excluding hydrogens is 514 g/mol. The highest BCUT2D eigenvalue weighted by atomic mass is 32.2. The molecule has 1 saturated carbocycles. The maximum Gasteiger partial charge on any atom is 0.242 e. The molecule has 0 radical (unpaired) electrons. The predicted octanol–water partition coefficient (Wildman–Crippen LogP) is 4.72. The molecule has 0 aliphatic heterocycles. The molecule has 214 valence electrons. The van der Waals surface area contributed by atoms with Crippen molar-refractivity contribution in [3.63, 3.8) is 0 Å². The molecule has 0 bridgehead atoms. The standard InChI is InChI=1S/C30H43N3O5S/c1-22-16-17-23(2)28(19-22)33(39(5,36)37)18-10-15-29(34)32(21-25-11-9-14-27(20-25)38-4)24(3)30(35)31-26-12-7-6-8-13-26/h9,11,14,16-17,19-20,24,26H,6-8,10,12-13,15,18,21H2,1-5H3,(H,31,35)/t24-/m1/s1. The number of ether oxygens (including phenoxy) is 1. The van der Waals surface area contributed by atoms with E-state index in [1.54, 1.807) is 18.9 Å². The van der Waals surface area contributed by atoms with Crippen LogP contribution in [-0.4, -0.2) is 57.1 Å². The lowest BCUT2D eigenvalue weighted by Gasteiger charge is -2.31. The highest BCUT2D eigenvalue weighted by molar-refractivity contribution is 7.92. The molecule has 0 spiro atoms. The number of rotatable bonds is 12. The number of hydrogen-bond donors (Lipinski definition) is 1. The van der Waals surface area contributed by atoms with E-state index in [9.17, 15) is 18.0 Å². The Morgan fingerprint density at radius 2 is 1.79 bits per heavy atom. The molecular formula is C30H43N3O5S. The van der Waals surface area contributed by atoms with Crippen molar-refractivity contribution in [2.75, 3.05) is 24.2 Å². The second-order valence-corrected chi connectivity index (χ2v) is 12.5. The normalized spacial score (nSPS) is 14.9. The van der Waals surface area contributed by atoms with E-state index in [4.69, 9.17) is 4.74 Å². The van der Waals surface area contributed by atoms with Crippen LogP contribution in [0.4, 0.5) is 5.69 Å². The van der Waals surface area contributed by atoms with Gasteiger partial charge in [0.1, 0.15) is 11.8 Å². The van der Waals surface area contributed by atoms with E-state index in [1.807, 2.05) is 56.3 Å². The van der Waals surface area contributed by atoms with Gasteiger partial charge >= 0.3 is 0 Å². The topological polar surface area (TPSA) is 96.0 Å². The minimum Gasteiger partial charge on any atom is -0.497 e. The first-order chi connectivity index (χ1) is 18.5. The van der Waals surface area contributed by atoms with Gasteiger partial charge in [0.05, 0.1) is 19.1 Å². The average Bonchev–Trinajstić information content (AvgIpc) is 2.90. The first-order valence-corrected chi connectivity index (χ1v) is 15.6. The van der Waals surface area contributed by atoms with Crippen molar-refractivity contribution in [1.82, 2.24) is 10.2 Å². The molecule has 9 heteroatoms. The molecule has 2 aromatic carbocycles. The Morgan fingerprint density at radius 3 is 2.46 bits per heavy atom. The summed E-state index contributed by atoms with van der Waals surface area (Å²) in [6, 6.07) is 12.6. The van der Waals surface area contributed by atoms with E-state index in [-0.39, 0.29) is 37.4 Å². The van der Waals surface area contributed by atoms with Crippen LogP contribution in [0.1, 0.15) is 68.6 Å². The molecule has 0 saturated heterocycles. The maximum atomic E-state index is 13.6. The van der Waals surface area contributed by atoms with Gasteiger partial charge in [0.15, 0.2) is 0 Å². The fourth-order valence-electron chi connectivity index (χ4n) is 5.09. The number of amides is 2. The third-order valence-electron chi connectivity index (χ3n) is 7.39. The third kappa shape index (κ3) is 8.71. The summed E-state index contributed by atoms with van der Waals surface area (Å²) in [6.45, 7) is 5.98. The summed E-state index contributed by atoms with van der Waals surface area (Å²) < 4.78 is 32.0. The predicted molar refractivity (Wildman–Crippen MR) is 155 cm³/mol. The quantitative estimate of drug-likeness (QED) is 0.407. The molecule has 8 nitrogen and oxygen atoms in total. The van der Waals surface area contributed by atoms with Gasteiger partial charge in [-0.1, -0.05) is 43.5 Å². The zero-order valence-electron chi connectivity index (χ0n) is 23.9. The lowest BCUT2D eigenvalue weighted by atomic mass is 9.95. The van der Waals surface area contributed by atoms with Crippen LogP contribution in [0.3, 0.4) is 0 Å². The molecule has 1 aliphatic carbocycles. The minimum atomic E-state index is -3.55. The van der Waals surface area contributed by atoms with Crippen molar-refractivity contribution >= 4 is 27.5 Å². The van der Waals surface area contributed by atoms with Gasteiger partial charge in [-0.25, -0.2) is 8.42 Å². The van der Waals surface area contributed by atoms with Crippen molar-refractivity contribution in [2.45, 2.75) is 84.3 Å². The highest BCUT2D eigenvalue weighted by Crippen LogP contribution is 2.25. The lowest BCUT2D eigenvalue weighted by Crippen LogP contribution is -2.50. The number of carbonyl (C=O) groups is 2. The smallest absolute Gasteiger partial charge is 0.242 e. The van der Waals surface area contributed by atoms with Crippen LogP contribution in [0, 0.1) is 13.8 Å². The molecule has 0 aromatic heterocycles. The summed E-state index contributed by atoms with van der Waals surface area (Å²) >= 11 is 0. The zero-order valence-corrected chi connectivity index (χ0v) is 24.7. The number of methoxy groups -OCH3 is 1. The Hall–Kier alpha value is -3.07. The number of aryl methyl sites for hydroxylation is 2. The van der Waals surface area contributed by atoms with E-state index in [0.29, 0.717) is 17.9 Å². The van der Waals surface area contributed by atoms with Crippen LogP contribution in [0.2, 0.25) is 0 Å². The monoisotopic (exact) mass is 557 g/mol. The van der Waals surface area contributed by atoms with Gasteiger partial charge in [-0.2, -0.15) is 0 Å². The fourth-order valence-corrected chi connectivity index (χ4v) is 6.10. The maximum absolute atomic E-state index is 13.6. The summed E-state index contributed by atoms with van der Waals surface area (Å²) in [4.78, 5) is 28.4. The highest BCUT2D eigenvalue weighted by Gasteiger charge is 2.28. The van der Waals surface area contributed by atoms with Crippen molar-refractivity contribution in [3.05, 3.63) is 59.2 Å². The molecule has 2 aromatic rings. The Bertz CT molecular complexity index is 1240. The second-order valence-electron chi connectivity index (χ2n) is 10.6. The van der Waals surface area contributed by atoms with Gasteiger partial charge in [-0.15, -0.1) is 0 Å². The lowest BCUT2D eigenvalue weighted by molar-refractivity contribution is -0.141. The van der Waals surface area contributed by atoms with Crippen LogP contribution >= 0.6 is 0 Å². The molecule has 0 heterocycles. The van der Waals surface area contributed by atoms with Crippen molar-refractivity contribution < 1.29 is 22.7 Å². The van der Waals surface area contributed by atoms with Crippen LogP contribution in [-0.2, 0) is 26.2 Å². The molecule has 1 aliphatic rings. The van der Waals surface area contributed by atoms with Gasteiger partial charge in [0.2, 0.25) is 21.8 Å². The number of benzene rings is 2. The Balaban J connectivity index is 1.75. The van der Waals surface area contributed by atoms with Crippen molar-refractivity contribution in [2.24, 2.45) is 0 Å². The van der Waals surface area contributed by atoms with Gasteiger partial charge in [0.25, 0.3) is 0 Å². The Morgan fingerprint density at radius 1 is 1.08 bits per heavy atom.